The molecule has 0 saturated carbocycles. The summed E-state index contributed by atoms with van der Waals surface area (Å²) < 4.78 is 0.585. The zero-order valence-electron chi connectivity index (χ0n) is 17.3. The van der Waals surface area contributed by atoms with Crippen LogP contribution in [0, 0.1) is 6.92 Å². The van der Waals surface area contributed by atoms with Gasteiger partial charge in [-0.1, -0.05) is 65.6 Å². The predicted octanol–water partition coefficient (Wildman–Crippen LogP) is 3.18. The number of anilines is 2. The van der Waals surface area contributed by atoms with Gasteiger partial charge in [-0.05, 0) is 37.1 Å². The summed E-state index contributed by atoms with van der Waals surface area (Å²) in [6.45, 7) is 3.60. The van der Waals surface area contributed by atoms with Crippen LogP contribution >= 0.6 is 23.1 Å². The molecule has 9 nitrogen and oxygen atoms in total. The normalized spacial score (nSPS) is 17.9. The molecule has 0 aliphatic carbocycles. The number of rotatable bonds is 7. The van der Waals surface area contributed by atoms with Crippen molar-refractivity contribution >= 4 is 51.8 Å². The van der Waals surface area contributed by atoms with Crippen LogP contribution in [0.5, 0.6) is 0 Å². The molecule has 2 aromatic carbocycles. The fraction of sp³-hybridized carbons (Fsp3) is 0.190. The van der Waals surface area contributed by atoms with Gasteiger partial charge in [-0.2, -0.15) is 5.01 Å². The molecule has 4 rings (SSSR count). The van der Waals surface area contributed by atoms with E-state index in [0.29, 0.717) is 15.0 Å². The van der Waals surface area contributed by atoms with Gasteiger partial charge >= 0.3 is 6.03 Å². The Hall–Kier alpha value is -3.44. The van der Waals surface area contributed by atoms with E-state index >= 15 is 0 Å². The Morgan fingerprint density at radius 2 is 1.94 bits per heavy atom. The molecule has 4 amide bonds. The van der Waals surface area contributed by atoms with Crippen molar-refractivity contribution in [2.75, 3.05) is 11.1 Å². The molecule has 32 heavy (non-hydrogen) atoms. The van der Waals surface area contributed by atoms with E-state index in [1.165, 1.54) is 23.1 Å². The highest BCUT2D eigenvalue weighted by Gasteiger charge is 2.49. The Bertz CT molecular complexity index is 1170. The number of thioether (sulfide) groups is 1. The average molecular weight is 469 g/mol. The zero-order valence-corrected chi connectivity index (χ0v) is 18.9. The van der Waals surface area contributed by atoms with Crippen LogP contribution in [-0.2, 0) is 15.1 Å². The van der Waals surface area contributed by atoms with Crippen molar-refractivity contribution in [2.45, 2.75) is 23.7 Å². The summed E-state index contributed by atoms with van der Waals surface area (Å²) >= 11 is 2.47. The van der Waals surface area contributed by atoms with Gasteiger partial charge in [-0.3, -0.25) is 15.0 Å². The summed E-state index contributed by atoms with van der Waals surface area (Å²) in [4.78, 5) is 37.6. The fourth-order valence-corrected chi connectivity index (χ4v) is 4.72. The number of nitrogens with zero attached hydrogens (tertiary/aromatic N) is 3. The molecule has 2 heterocycles. The molecule has 1 aliphatic rings. The summed E-state index contributed by atoms with van der Waals surface area (Å²) in [6.07, 6.45) is 0. The van der Waals surface area contributed by atoms with Gasteiger partial charge in [0, 0.05) is 5.69 Å². The number of urea groups is 1. The van der Waals surface area contributed by atoms with Crippen LogP contribution in [0.3, 0.4) is 0 Å². The Labute approximate surface area is 192 Å². The van der Waals surface area contributed by atoms with Crippen molar-refractivity contribution in [3.8, 4) is 0 Å². The first-order valence-corrected chi connectivity index (χ1v) is 11.5. The van der Waals surface area contributed by atoms with Gasteiger partial charge < -0.3 is 10.6 Å². The molecule has 164 valence electrons. The molecule has 0 spiro atoms. The second-order valence-corrected chi connectivity index (χ2v) is 9.45. The molecule has 1 unspecified atom stereocenters. The number of hydrogen-bond donors (Lipinski definition) is 3. The van der Waals surface area contributed by atoms with Crippen LogP contribution in [0.2, 0.25) is 0 Å². The van der Waals surface area contributed by atoms with Crippen LogP contribution in [0.1, 0.15) is 18.1 Å². The highest BCUT2D eigenvalue weighted by Crippen LogP contribution is 2.29. The molecular formula is C21H20N6O3S2. The van der Waals surface area contributed by atoms with E-state index in [2.05, 4.69) is 26.3 Å². The van der Waals surface area contributed by atoms with Gasteiger partial charge in [0.1, 0.15) is 5.54 Å². The summed E-state index contributed by atoms with van der Waals surface area (Å²) in [6, 6.07) is 16.0. The molecule has 0 bridgehead atoms. The number of benzene rings is 2. The van der Waals surface area contributed by atoms with Crippen molar-refractivity contribution in [1.82, 2.24) is 25.9 Å². The summed E-state index contributed by atoms with van der Waals surface area (Å²) in [5.74, 6) is -1.08. The van der Waals surface area contributed by atoms with E-state index < -0.39 is 23.4 Å². The van der Waals surface area contributed by atoms with Gasteiger partial charge in [0.2, 0.25) is 11.0 Å². The minimum atomic E-state index is -1.24. The van der Waals surface area contributed by atoms with E-state index in [4.69, 9.17) is 0 Å². The van der Waals surface area contributed by atoms with E-state index in [1.807, 2.05) is 37.3 Å². The minimum absolute atomic E-state index is 0.0296. The van der Waals surface area contributed by atoms with Crippen molar-refractivity contribution < 1.29 is 14.4 Å². The second-order valence-electron chi connectivity index (χ2n) is 7.25. The Morgan fingerprint density at radius 1 is 1.16 bits per heavy atom. The van der Waals surface area contributed by atoms with E-state index in [9.17, 15) is 14.4 Å². The van der Waals surface area contributed by atoms with E-state index in [1.54, 1.807) is 31.2 Å². The molecular weight excluding hydrogens is 448 g/mol. The molecule has 11 heteroatoms. The predicted molar refractivity (Wildman–Crippen MR) is 122 cm³/mol. The number of imide groups is 1. The highest BCUT2D eigenvalue weighted by atomic mass is 32.2. The summed E-state index contributed by atoms with van der Waals surface area (Å²) in [5.41, 5.74) is 3.79. The first-order chi connectivity index (χ1) is 15.3. The number of aromatic nitrogens is 2. The van der Waals surface area contributed by atoms with Crippen LogP contribution in [0.4, 0.5) is 15.6 Å². The maximum atomic E-state index is 12.8. The van der Waals surface area contributed by atoms with Gasteiger partial charge in [0.05, 0.1) is 5.75 Å². The van der Waals surface area contributed by atoms with Crippen LogP contribution < -0.4 is 16.1 Å². The van der Waals surface area contributed by atoms with Gasteiger partial charge in [-0.25, -0.2) is 4.79 Å². The van der Waals surface area contributed by atoms with Crippen molar-refractivity contribution in [1.29, 1.82) is 0 Å². The first kappa shape index (κ1) is 21.8. The number of amides is 4. The second kappa shape index (κ2) is 8.97. The Balaban J connectivity index is 1.33. The molecule has 0 radical (unpaired) electrons. The average Bonchev–Trinajstić information content (AvgIpc) is 3.31. The van der Waals surface area contributed by atoms with Crippen molar-refractivity contribution in [2.24, 2.45) is 0 Å². The lowest BCUT2D eigenvalue weighted by molar-refractivity contribution is -0.138. The van der Waals surface area contributed by atoms with Gasteiger partial charge in [0.25, 0.3) is 5.91 Å². The third kappa shape index (κ3) is 4.58. The topological polar surface area (TPSA) is 116 Å². The standard InChI is InChI=1S/C21H20N6O3S2/c1-13-7-6-10-15(11-13)22-18-24-25-20(32-18)31-12-16(28)26-27-17(29)21(2,23-19(27)30)14-8-4-3-5-9-14/h3-11H,12H2,1-2H3,(H,22,24)(H,23,30)(H,26,28). The van der Waals surface area contributed by atoms with Crippen LogP contribution in [0.25, 0.3) is 0 Å². The third-order valence-corrected chi connectivity index (χ3v) is 6.75. The Kier molecular flexibility index (Phi) is 6.10. The molecule has 1 fully saturated rings. The van der Waals surface area contributed by atoms with E-state index in [-0.39, 0.29) is 5.75 Å². The fourth-order valence-electron chi connectivity index (χ4n) is 3.16. The molecule has 1 atom stereocenters. The SMILES string of the molecule is Cc1cccc(Nc2nnc(SCC(=O)NN3C(=O)NC(C)(c4ccccc4)C3=O)s2)c1. The number of aryl methyl sites for hydroxylation is 1. The molecule has 1 aromatic heterocycles. The number of hydrazine groups is 1. The Morgan fingerprint density at radius 3 is 2.69 bits per heavy atom. The largest absolute Gasteiger partial charge is 0.344 e. The smallest absolute Gasteiger partial charge is 0.330 e. The van der Waals surface area contributed by atoms with Crippen molar-refractivity contribution in [3.63, 3.8) is 0 Å². The highest BCUT2D eigenvalue weighted by molar-refractivity contribution is 8.01. The third-order valence-electron chi connectivity index (χ3n) is 4.78. The number of carbonyl (C=O) groups excluding carboxylic acids is 3. The van der Waals surface area contributed by atoms with Gasteiger partial charge in [0.15, 0.2) is 4.34 Å². The molecule has 3 N–H and O–H groups in total. The minimum Gasteiger partial charge on any atom is -0.330 e. The summed E-state index contributed by atoms with van der Waals surface area (Å²) in [5, 5.41) is 15.3. The lowest BCUT2D eigenvalue weighted by Crippen LogP contribution is -2.48. The maximum absolute atomic E-state index is 12.8. The number of hydrogen-bond acceptors (Lipinski definition) is 8. The molecule has 1 saturated heterocycles. The molecule has 3 aromatic rings. The van der Waals surface area contributed by atoms with Crippen LogP contribution in [-0.4, -0.2) is 38.8 Å². The number of nitrogens with one attached hydrogen (secondary N) is 3. The lowest BCUT2D eigenvalue weighted by atomic mass is 9.92. The lowest BCUT2D eigenvalue weighted by Gasteiger charge is -2.22. The first-order valence-electron chi connectivity index (χ1n) is 9.67. The quantitative estimate of drug-likeness (QED) is 0.360. The van der Waals surface area contributed by atoms with Crippen LogP contribution in [0.15, 0.2) is 58.9 Å². The summed E-state index contributed by atoms with van der Waals surface area (Å²) in [7, 11) is 0. The van der Waals surface area contributed by atoms with E-state index in [0.717, 1.165) is 16.3 Å². The molecule has 1 aliphatic heterocycles. The maximum Gasteiger partial charge on any atom is 0.344 e. The monoisotopic (exact) mass is 468 g/mol. The van der Waals surface area contributed by atoms with Gasteiger partial charge in [-0.15, -0.1) is 10.2 Å². The van der Waals surface area contributed by atoms with Crippen molar-refractivity contribution in [3.05, 3.63) is 65.7 Å². The number of carbonyl (C=O) groups is 3. The zero-order chi connectivity index (χ0) is 22.7.